The first-order chi connectivity index (χ1) is 10.8. The molecule has 110 valence electrons. The summed E-state index contributed by atoms with van der Waals surface area (Å²) >= 11 is 0. The monoisotopic (exact) mass is 289 g/mol. The van der Waals surface area contributed by atoms with E-state index in [1.165, 1.54) is 5.56 Å². The summed E-state index contributed by atoms with van der Waals surface area (Å²) in [6.07, 6.45) is 0. The lowest BCUT2D eigenvalue weighted by molar-refractivity contribution is 0.414. The van der Waals surface area contributed by atoms with Gasteiger partial charge in [-0.15, -0.1) is 0 Å². The zero-order chi connectivity index (χ0) is 15.4. The van der Waals surface area contributed by atoms with Crippen molar-refractivity contribution in [3.05, 3.63) is 84.4 Å². The predicted molar refractivity (Wildman–Crippen MR) is 92.4 cm³/mol. The van der Waals surface area contributed by atoms with Gasteiger partial charge >= 0.3 is 0 Å². The molecule has 0 spiro atoms. The number of hydrogen-bond acceptors (Lipinski definition) is 2. The van der Waals surface area contributed by atoms with E-state index in [9.17, 15) is 0 Å². The molecule has 0 atom stereocenters. The molecule has 0 heterocycles. The molecule has 0 aliphatic rings. The molecule has 0 saturated carbocycles. The number of anilines is 3. The van der Waals surface area contributed by atoms with Crippen molar-refractivity contribution in [2.45, 2.75) is 6.92 Å². The molecule has 3 rings (SSSR count). The van der Waals surface area contributed by atoms with Gasteiger partial charge < -0.3 is 9.64 Å². The Morgan fingerprint density at radius 1 is 0.727 bits per heavy atom. The Hall–Kier alpha value is -2.74. The zero-order valence-corrected chi connectivity index (χ0v) is 12.9. The first-order valence-electron chi connectivity index (χ1n) is 7.34. The fraction of sp³-hybridized carbons (Fsp3) is 0.100. The average molecular weight is 289 g/mol. The van der Waals surface area contributed by atoms with Gasteiger partial charge in [0, 0.05) is 17.1 Å². The molecule has 0 bridgehead atoms. The number of ether oxygens (including phenoxy) is 1. The van der Waals surface area contributed by atoms with Crippen molar-refractivity contribution >= 4 is 17.1 Å². The van der Waals surface area contributed by atoms with Crippen LogP contribution in [0.2, 0.25) is 0 Å². The molecule has 0 saturated heterocycles. The first kappa shape index (κ1) is 14.2. The van der Waals surface area contributed by atoms with Crippen LogP contribution in [0.3, 0.4) is 0 Å². The fourth-order valence-electron chi connectivity index (χ4n) is 2.59. The lowest BCUT2D eigenvalue weighted by atomic mass is 10.1. The Morgan fingerprint density at radius 3 is 1.73 bits per heavy atom. The van der Waals surface area contributed by atoms with Crippen LogP contribution in [-0.2, 0) is 0 Å². The van der Waals surface area contributed by atoms with E-state index < -0.39 is 0 Å². The molecule has 3 aromatic carbocycles. The van der Waals surface area contributed by atoms with E-state index in [-0.39, 0.29) is 0 Å². The van der Waals surface area contributed by atoms with Crippen LogP contribution in [0, 0.1) is 6.92 Å². The lowest BCUT2D eigenvalue weighted by Gasteiger charge is -2.27. The molecule has 0 aliphatic heterocycles. The minimum absolute atomic E-state index is 0.877. The average Bonchev–Trinajstić information content (AvgIpc) is 2.58. The Balaban J connectivity index is 2.14. The van der Waals surface area contributed by atoms with Gasteiger partial charge in [0.15, 0.2) is 0 Å². The van der Waals surface area contributed by atoms with E-state index in [0.717, 1.165) is 22.8 Å². The number of nitrogens with zero attached hydrogens (tertiary/aromatic N) is 1. The summed E-state index contributed by atoms with van der Waals surface area (Å²) in [4.78, 5) is 2.26. The third kappa shape index (κ3) is 2.82. The van der Waals surface area contributed by atoms with Crippen LogP contribution >= 0.6 is 0 Å². The second kappa shape index (κ2) is 6.35. The van der Waals surface area contributed by atoms with E-state index in [1.54, 1.807) is 7.11 Å². The maximum absolute atomic E-state index is 5.32. The Bertz CT molecular complexity index is 699. The Kier molecular flexibility index (Phi) is 4.10. The maximum Gasteiger partial charge on any atom is 0.119 e. The van der Waals surface area contributed by atoms with Gasteiger partial charge in [-0.1, -0.05) is 36.4 Å². The molecule has 0 amide bonds. The summed E-state index contributed by atoms with van der Waals surface area (Å²) < 4.78 is 5.32. The standard InChI is InChI=1S/C20H19NO/c1-16-15-19(22-2)13-14-20(16)21(17-9-5-3-6-10-17)18-11-7-4-8-12-18/h3-15H,1-2H3. The van der Waals surface area contributed by atoms with E-state index >= 15 is 0 Å². The Labute approximate surface area is 131 Å². The van der Waals surface area contributed by atoms with Crippen LogP contribution in [0.1, 0.15) is 5.56 Å². The number of rotatable bonds is 4. The van der Waals surface area contributed by atoms with E-state index in [2.05, 4.69) is 72.5 Å². The molecule has 0 unspecified atom stereocenters. The van der Waals surface area contributed by atoms with Gasteiger partial charge in [-0.3, -0.25) is 0 Å². The summed E-state index contributed by atoms with van der Waals surface area (Å²) in [7, 11) is 1.70. The third-order valence-electron chi connectivity index (χ3n) is 3.67. The van der Waals surface area contributed by atoms with Crippen LogP contribution < -0.4 is 9.64 Å². The van der Waals surface area contributed by atoms with Gasteiger partial charge in [0.1, 0.15) is 5.75 Å². The highest BCUT2D eigenvalue weighted by molar-refractivity contribution is 5.78. The summed E-state index contributed by atoms with van der Waals surface area (Å²) in [5.74, 6) is 0.877. The van der Waals surface area contributed by atoms with Crippen LogP contribution in [0.25, 0.3) is 0 Å². The lowest BCUT2D eigenvalue weighted by Crippen LogP contribution is -2.11. The van der Waals surface area contributed by atoms with Gasteiger partial charge in [0.05, 0.1) is 7.11 Å². The number of benzene rings is 3. The summed E-state index contributed by atoms with van der Waals surface area (Å²) in [5.41, 5.74) is 4.61. The highest BCUT2D eigenvalue weighted by Gasteiger charge is 2.14. The van der Waals surface area contributed by atoms with E-state index in [1.807, 2.05) is 18.2 Å². The molecule has 22 heavy (non-hydrogen) atoms. The van der Waals surface area contributed by atoms with Gasteiger partial charge in [-0.25, -0.2) is 0 Å². The summed E-state index contributed by atoms with van der Waals surface area (Å²) in [5, 5.41) is 0. The third-order valence-corrected chi connectivity index (χ3v) is 3.67. The molecular weight excluding hydrogens is 270 g/mol. The topological polar surface area (TPSA) is 12.5 Å². The van der Waals surface area contributed by atoms with Crippen molar-refractivity contribution in [2.75, 3.05) is 12.0 Å². The van der Waals surface area contributed by atoms with Gasteiger partial charge in [-0.2, -0.15) is 0 Å². The number of methoxy groups -OCH3 is 1. The number of hydrogen-bond donors (Lipinski definition) is 0. The Morgan fingerprint density at radius 2 is 1.27 bits per heavy atom. The molecule has 0 radical (unpaired) electrons. The summed E-state index contributed by atoms with van der Waals surface area (Å²) in [6.45, 7) is 2.11. The zero-order valence-electron chi connectivity index (χ0n) is 12.9. The van der Waals surface area contributed by atoms with Crippen molar-refractivity contribution in [3.8, 4) is 5.75 Å². The second-order valence-electron chi connectivity index (χ2n) is 5.16. The van der Waals surface area contributed by atoms with E-state index in [4.69, 9.17) is 4.74 Å². The smallest absolute Gasteiger partial charge is 0.119 e. The molecule has 0 aromatic heterocycles. The van der Waals surface area contributed by atoms with Crippen LogP contribution in [-0.4, -0.2) is 7.11 Å². The van der Waals surface area contributed by atoms with Gasteiger partial charge in [0.25, 0.3) is 0 Å². The number of aryl methyl sites for hydroxylation is 1. The van der Waals surface area contributed by atoms with Gasteiger partial charge in [0.2, 0.25) is 0 Å². The van der Waals surface area contributed by atoms with E-state index in [0.29, 0.717) is 0 Å². The molecule has 3 aromatic rings. The van der Waals surface area contributed by atoms with Crippen molar-refractivity contribution in [1.82, 2.24) is 0 Å². The van der Waals surface area contributed by atoms with Crippen molar-refractivity contribution in [3.63, 3.8) is 0 Å². The minimum Gasteiger partial charge on any atom is -0.497 e. The minimum atomic E-state index is 0.877. The highest BCUT2D eigenvalue weighted by atomic mass is 16.5. The molecule has 2 nitrogen and oxygen atoms in total. The largest absolute Gasteiger partial charge is 0.497 e. The van der Waals surface area contributed by atoms with Gasteiger partial charge in [-0.05, 0) is 55.0 Å². The molecular formula is C20H19NO. The summed E-state index contributed by atoms with van der Waals surface area (Å²) in [6, 6.07) is 27.0. The first-order valence-corrected chi connectivity index (χ1v) is 7.34. The van der Waals surface area contributed by atoms with Crippen LogP contribution in [0.5, 0.6) is 5.75 Å². The predicted octanol–water partition coefficient (Wildman–Crippen LogP) is 5.47. The SMILES string of the molecule is COc1ccc(N(c2ccccc2)c2ccccc2)c(C)c1. The fourth-order valence-corrected chi connectivity index (χ4v) is 2.59. The van der Waals surface area contributed by atoms with Crippen molar-refractivity contribution in [1.29, 1.82) is 0 Å². The van der Waals surface area contributed by atoms with Crippen molar-refractivity contribution < 1.29 is 4.74 Å². The molecule has 2 heteroatoms. The second-order valence-corrected chi connectivity index (χ2v) is 5.16. The molecule has 0 fully saturated rings. The quantitative estimate of drug-likeness (QED) is 0.631. The highest BCUT2D eigenvalue weighted by Crippen LogP contribution is 2.37. The molecule has 0 N–H and O–H groups in total. The van der Waals surface area contributed by atoms with Crippen molar-refractivity contribution in [2.24, 2.45) is 0 Å². The number of para-hydroxylation sites is 2. The van der Waals surface area contributed by atoms with Crippen LogP contribution in [0.4, 0.5) is 17.1 Å². The van der Waals surface area contributed by atoms with Crippen LogP contribution in [0.15, 0.2) is 78.9 Å². The molecule has 0 aliphatic carbocycles. The maximum atomic E-state index is 5.32. The normalized spacial score (nSPS) is 10.3.